The van der Waals surface area contributed by atoms with E-state index in [0.29, 0.717) is 4.88 Å². The van der Waals surface area contributed by atoms with Gasteiger partial charge in [-0.05, 0) is 72.8 Å². The Kier molecular flexibility index (Phi) is 5.64. The maximum atomic E-state index is 14.4. The van der Waals surface area contributed by atoms with Gasteiger partial charge >= 0.3 is 0 Å². The van der Waals surface area contributed by atoms with E-state index >= 15 is 0 Å². The minimum absolute atomic E-state index is 0.300. The third-order valence-corrected chi connectivity index (χ3v) is 7.60. The second-order valence-corrected chi connectivity index (χ2v) is 10.2. The normalized spacial score (nSPS) is 11.1. The maximum absolute atomic E-state index is 14.4. The lowest BCUT2D eigenvalue weighted by Gasteiger charge is -2.12. The van der Waals surface area contributed by atoms with Crippen molar-refractivity contribution in [1.29, 1.82) is 5.26 Å². The smallest absolute Gasteiger partial charge is 0.123 e. The highest BCUT2D eigenvalue weighted by Crippen LogP contribution is 2.46. The standard InChI is InChI=1S/C26H16BrFN2S2/c1-16-5-8-20(9-6-16)32-30-23-10-7-19(28)14-22(23)25(21-11-12-31-24(21)15-29)26(30)17-3-2-4-18(27)13-17/h2-14H,1H3. The van der Waals surface area contributed by atoms with Crippen LogP contribution in [0.3, 0.4) is 0 Å². The van der Waals surface area contributed by atoms with Gasteiger partial charge in [-0.15, -0.1) is 11.3 Å². The van der Waals surface area contributed by atoms with Crippen molar-refractivity contribution in [2.24, 2.45) is 0 Å². The summed E-state index contributed by atoms with van der Waals surface area (Å²) in [7, 11) is 0. The van der Waals surface area contributed by atoms with E-state index in [1.54, 1.807) is 18.0 Å². The summed E-state index contributed by atoms with van der Waals surface area (Å²) in [6.45, 7) is 2.06. The molecule has 0 fully saturated rings. The van der Waals surface area contributed by atoms with Crippen LogP contribution in [0.15, 0.2) is 87.5 Å². The van der Waals surface area contributed by atoms with Gasteiger partial charge in [0.25, 0.3) is 0 Å². The quantitative estimate of drug-likeness (QED) is 0.238. The van der Waals surface area contributed by atoms with E-state index in [1.807, 2.05) is 35.7 Å². The maximum Gasteiger partial charge on any atom is 0.123 e. The van der Waals surface area contributed by atoms with Gasteiger partial charge in [0.15, 0.2) is 0 Å². The van der Waals surface area contributed by atoms with E-state index in [0.717, 1.165) is 42.7 Å². The topological polar surface area (TPSA) is 28.7 Å². The molecular weight excluding hydrogens is 503 g/mol. The number of aryl methyl sites for hydroxylation is 1. The zero-order valence-corrected chi connectivity index (χ0v) is 20.2. The number of rotatable bonds is 4. The van der Waals surface area contributed by atoms with Crippen LogP contribution < -0.4 is 0 Å². The summed E-state index contributed by atoms with van der Waals surface area (Å²) < 4.78 is 17.5. The van der Waals surface area contributed by atoms with Crippen molar-refractivity contribution in [3.05, 3.63) is 98.9 Å². The van der Waals surface area contributed by atoms with Crippen LogP contribution in [0.5, 0.6) is 0 Å². The molecule has 0 bridgehead atoms. The lowest BCUT2D eigenvalue weighted by molar-refractivity contribution is 0.629. The fourth-order valence-corrected chi connectivity index (χ4v) is 5.90. The van der Waals surface area contributed by atoms with Gasteiger partial charge < -0.3 is 0 Å². The van der Waals surface area contributed by atoms with Gasteiger partial charge in [-0.2, -0.15) is 5.26 Å². The molecule has 0 aliphatic carbocycles. The van der Waals surface area contributed by atoms with Crippen LogP contribution in [0.2, 0.25) is 0 Å². The summed E-state index contributed by atoms with van der Waals surface area (Å²) in [6, 6.07) is 25.5. The van der Waals surface area contributed by atoms with Crippen molar-refractivity contribution in [3.8, 4) is 28.5 Å². The first-order valence-corrected chi connectivity index (χ1v) is 12.3. The van der Waals surface area contributed by atoms with Crippen LogP contribution in [-0.4, -0.2) is 3.97 Å². The molecule has 3 aromatic carbocycles. The number of halogens is 2. The van der Waals surface area contributed by atoms with E-state index in [9.17, 15) is 9.65 Å². The van der Waals surface area contributed by atoms with E-state index < -0.39 is 0 Å². The summed E-state index contributed by atoms with van der Waals surface area (Å²) in [5, 5.41) is 12.4. The van der Waals surface area contributed by atoms with E-state index in [2.05, 4.69) is 63.2 Å². The van der Waals surface area contributed by atoms with Gasteiger partial charge in [0, 0.05) is 31.4 Å². The number of aromatic nitrogens is 1. The van der Waals surface area contributed by atoms with Gasteiger partial charge in [0.05, 0.1) is 11.2 Å². The Hall–Kier alpha value is -2.85. The number of hydrogen-bond donors (Lipinski definition) is 0. The van der Waals surface area contributed by atoms with Crippen LogP contribution in [0, 0.1) is 24.1 Å². The zero-order valence-electron chi connectivity index (χ0n) is 17.0. The third kappa shape index (κ3) is 3.77. The highest BCUT2D eigenvalue weighted by molar-refractivity contribution is 9.10. The number of fused-ring (bicyclic) bond motifs is 1. The molecule has 2 heterocycles. The van der Waals surface area contributed by atoms with Crippen LogP contribution in [0.25, 0.3) is 33.3 Å². The predicted octanol–water partition coefficient (Wildman–Crippen LogP) is 8.67. The van der Waals surface area contributed by atoms with Gasteiger partial charge in [-0.25, -0.2) is 4.39 Å². The van der Waals surface area contributed by atoms with Crippen molar-refractivity contribution in [2.45, 2.75) is 11.8 Å². The fraction of sp³-hybridized carbons (Fsp3) is 0.0385. The average molecular weight is 519 g/mol. The third-order valence-electron chi connectivity index (χ3n) is 5.24. The highest BCUT2D eigenvalue weighted by atomic mass is 79.9. The Morgan fingerprint density at radius 3 is 2.59 bits per heavy atom. The Bertz CT molecular complexity index is 1490. The molecule has 156 valence electrons. The summed E-state index contributed by atoms with van der Waals surface area (Å²) >= 11 is 6.58. The number of hydrogen-bond acceptors (Lipinski definition) is 3. The van der Waals surface area contributed by atoms with Crippen molar-refractivity contribution in [2.75, 3.05) is 0 Å². The summed E-state index contributed by atoms with van der Waals surface area (Å²) in [5.74, 6) is -0.300. The molecule has 0 saturated heterocycles. The van der Waals surface area contributed by atoms with Crippen LogP contribution in [0.1, 0.15) is 10.4 Å². The van der Waals surface area contributed by atoms with E-state index in [-0.39, 0.29) is 5.82 Å². The molecule has 32 heavy (non-hydrogen) atoms. The molecule has 2 aromatic heterocycles. The van der Waals surface area contributed by atoms with Crippen LogP contribution >= 0.6 is 39.2 Å². The Balaban J connectivity index is 1.88. The van der Waals surface area contributed by atoms with Crippen molar-refractivity contribution in [3.63, 3.8) is 0 Å². The molecule has 5 aromatic rings. The van der Waals surface area contributed by atoms with E-state index in [1.165, 1.54) is 23.0 Å². The lowest BCUT2D eigenvalue weighted by Crippen LogP contribution is -1.93. The molecule has 0 unspecified atom stereocenters. The number of nitriles is 1. The fourth-order valence-electron chi connectivity index (χ4n) is 3.80. The number of nitrogens with zero attached hydrogens (tertiary/aromatic N) is 2. The number of benzene rings is 3. The second kappa shape index (κ2) is 8.59. The van der Waals surface area contributed by atoms with Gasteiger partial charge in [0.1, 0.15) is 16.8 Å². The average Bonchev–Trinajstić information content (AvgIpc) is 3.37. The molecule has 0 saturated carbocycles. The Morgan fingerprint density at radius 1 is 1.03 bits per heavy atom. The molecular formula is C26H16BrFN2S2. The van der Waals surface area contributed by atoms with Gasteiger partial charge in [0.2, 0.25) is 0 Å². The SMILES string of the molecule is Cc1ccc(Sn2c(-c3cccc(Br)c3)c(-c3ccsc3C#N)c3cc(F)ccc32)cc1. The van der Waals surface area contributed by atoms with Crippen molar-refractivity contribution in [1.82, 2.24) is 3.97 Å². The molecule has 6 heteroatoms. The molecule has 0 N–H and O–H groups in total. The molecule has 0 atom stereocenters. The molecule has 0 aliphatic rings. The minimum atomic E-state index is -0.300. The molecule has 0 aliphatic heterocycles. The highest BCUT2D eigenvalue weighted by Gasteiger charge is 2.24. The first kappa shape index (κ1) is 21.0. The van der Waals surface area contributed by atoms with Crippen LogP contribution in [0.4, 0.5) is 4.39 Å². The molecule has 0 spiro atoms. The monoisotopic (exact) mass is 518 g/mol. The van der Waals surface area contributed by atoms with E-state index in [4.69, 9.17) is 0 Å². The van der Waals surface area contributed by atoms with Gasteiger partial charge in [-0.1, -0.05) is 45.8 Å². The van der Waals surface area contributed by atoms with Crippen LogP contribution in [-0.2, 0) is 0 Å². The molecule has 2 nitrogen and oxygen atoms in total. The summed E-state index contributed by atoms with van der Waals surface area (Å²) in [4.78, 5) is 1.69. The minimum Gasteiger partial charge on any atom is -0.279 e. The summed E-state index contributed by atoms with van der Waals surface area (Å²) in [6.07, 6.45) is 0. The van der Waals surface area contributed by atoms with Crippen molar-refractivity contribution >= 4 is 50.1 Å². The Labute approximate surface area is 202 Å². The molecule has 5 rings (SSSR count). The van der Waals surface area contributed by atoms with Gasteiger partial charge in [-0.3, -0.25) is 3.97 Å². The number of thiophene rings is 1. The lowest BCUT2D eigenvalue weighted by atomic mass is 9.99. The predicted molar refractivity (Wildman–Crippen MR) is 135 cm³/mol. The molecule has 0 amide bonds. The summed E-state index contributed by atoms with van der Waals surface area (Å²) in [5.41, 5.74) is 5.71. The molecule has 0 radical (unpaired) electrons. The largest absolute Gasteiger partial charge is 0.279 e. The first-order valence-electron chi connectivity index (χ1n) is 9.88. The zero-order chi connectivity index (χ0) is 22.2. The first-order chi connectivity index (χ1) is 15.5. The Morgan fingerprint density at radius 2 is 1.84 bits per heavy atom. The second-order valence-electron chi connectivity index (χ2n) is 7.37. The van der Waals surface area contributed by atoms with Crippen molar-refractivity contribution < 1.29 is 4.39 Å².